The van der Waals surface area contributed by atoms with Crippen LogP contribution in [0.2, 0.25) is 0 Å². The lowest BCUT2D eigenvalue weighted by Gasteiger charge is -2.13. The minimum absolute atomic E-state index is 0.0285. The number of esters is 1. The molecule has 0 unspecified atom stereocenters. The zero-order valence-corrected chi connectivity index (χ0v) is 9.57. The summed E-state index contributed by atoms with van der Waals surface area (Å²) in [6, 6.07) is 4.13. The third kappa shape index (κ3) is 2.66. The average molecular weight is 257 g/mol. The molecule has 96 valence electrons. The first-order valence-corrected chi connectivity index (χ1v) is 4.69. The lowest BCUT2D eigenvalue weighted by molar-refractivity contribution is -0.0506. The van der Waals surface area contributed by atoms with E-state index in [1.165, 1.54) is 19.2 Å². The number of halogens is 2. The lowest BCUT2D eigenvalue weighted by Crippen LogP contribution is -2.11. The summed E-state index contributed by atoms with van der Waals surface area (Å²) >= 11 is 0. The molecule has 7 heteroatoms. The molecule has 0 aromatic heterocycles. The molecule has 0 saturated heterocycles. The van der Waals surface area contributed by atoms with Gasteiger partial charge in [0.15, 0.2) is 5.75 Å². The van der Waals surface area contributed by atoms with Crippen LogP contribution in [0.5, 0.6) is 11.5 Å². The fourth-order valence-electron chi connectivity index (χ4n) is 1.32. The number of alkyl halides is 2. The number of methoxy groups -OCH3 is 2. The SMILES string of the molecule is COC(=O)c1ccc(OC)c(C#N)c1OC(F)F. The van der Waals surface area contributed by atoms with Crippen LogP contribution < -0.4 is 9.47 Å². The van der Waals surface area contributed by atoms with E-state index in [0.29, 0.717) is 0 Å². The maximum Gasteiger partial charge on any atom is 0.387 e. The second kappa shape index (κ2) is 5.82. The van der Waals surface area contributed by atoms with E-state index in [2.05, 4.69) is 9.47 Å². The van der Waals surface area contributed by atoms with Gasteiger partial charge in [0.1, 0.15) is 22.9 Å². The maximum atomic E-state index is 12.3. The van der Waals surface area contributed by atoms with E-state index in [0.717, 1.165) is 7.11 Å². The van der Waals surface area contributed by atoms with Crippen molar-refractivity contribution in [3.8, 4) is 17.6 Å². The van der Waals surface area contributed by atoms with Gasteiger partial charge in [-0.25, -0.2) is 4.79 Å². The summed E-state index contributed by atoms with van der Waals surface area (Å²) in [6.07, 6.45) is 0. The quantitative estimate of drug-likeness (QED) is 0.771. The highest BCUT2D eigenvalue weighted by Gasteiger charge is 2.23. The van der Waals surface area contributed by atoms with E-state index in [-0.39, 0.29) is 16.9 Å². The molecule has 0 saturated carbocycles. The van der Waals surface area contributed by atoms with Gasteiger partial charge in [0.05, 0.1) is 14.2 Å². The number of benzene rings is 1. The van der Waals surface area contributed by atoms with E-state index in [1.807, 2.05) is 0 Å². The van der Waals surface area contributed by atoms with E-state index >= 15 is 0 Å². The predicted molar refractivity (Wildman–Crippen MR) is 55.7 cm³/mol. The zero-order valence-electron chi connectivity index (χ0n) is 9.57. The average Bonchev–Trinajstić information content (AvgIpc) is 2.36. The Hall–Kier alpha value is -2.36. The van der Waals surface area contributed by atoms with Gasteiger partial charge in [-0.05, 0) is 12.1 Å². The molecule has 0 aliphatic heterocycles. The Morgan fingerprint density at radius 1 is 1.39 bits per heavy atom. The number of nitriles is 1. The molecule has 18 heavy (non-hydrogen) atoms. The Labute approximate surface area is 101 Å². The summed E-state index contributed by atoms with van der Waals surface area (Å²) in [5, 5.41) is 8.92. The highest BCUT2D eigenvalue weighted by atomic mass is 19.3. The normalized spacial score (nSPS) is 9.78. The first-order chi connectivity index (χ1) is 8.54. The Balaban J connectivity index is 3.44. The van der Waals surface area contributed by atoms with Crippen molar-refractivity contribution in [1.29, 1.82) is 5.26 Å². The van der Waals surface area contributed by atoms with Crippen molar-refractivity contribution in [2.75, 3.05) is 14.2 Å². The van der Waals surface area contributed by atoms with Crippen LogP contribution in [-0.4, -0.2) is 26.8 Å². The Kier molecular flexibility index (Phi) is 4.43. The second-order valence-electron chi connectivity index (χ2n) is 3.00. The van der Waals surface area contributed by atoms with Crippen LogP contribution in [0.15, 0.2) is 12.1 Å². The molecular formula is C11H9F2NO4. The third-order valence-corrected chi connectivity index (χ3v) is 2.06. The number of hydrogen-bond acceptors (Lipinski definition) is 5. The molecule has 0 atom stereocenters. The molecule has 0 heterocycles. The highest BCUT2D eigenvalue weighted by Crippen LogP contribution is 2.33. The molecule has 0 aliphatic rings. The van der Waals surface area contributed by atoms with E-state index in [1.54, 1.807) is 6.07 Å². The maximum absolute atomic E-state index is 12.3. The van der Waals surface area contributed by atoms with Gasteiger partial charge < -0.3 is 14.2 Å². The van der Waals surface area contributed by atoms with Crippen LogP contribution in [0.25, 0.3) is 0 Å². The first kappa shape index (κ1) is 13.7. The fraction of sp³-hybridized carbons (Fsp3) is 0.273. The van der Waals surface area contributed by atoms with Crippen LogP contribution in [0.1, 0.15) is 15.9 Å². The molecule has 0 amide bonds. The van der Waals surface area contributed by atoms with Crippen molar-refractivity contribution >= 4 is 5.97 Å². The molecule has 1 rings (SSSR count). The van der Waals surface area contributed by atoms with Crippen LogP contribution in [0.4, 0.5) is 8.78 Å². The molecule has 0 spiro atoms. The van der Waals surface area contributed by atoms with Crippen molar-refractivity contribution in [2.24, 2.45) is 0 Å². The van der Waals surface area contributed by atoms with Gasteiger partial charge in [-0.2, -0.15) is 14.0 Å². The number of ether oxygens (including phenoxy) is 3. The van der Waals surface area contributed by atoms with E-state index in [9.17, 15) is 13.6 Å². The smallest absolute Gasteiger partial charge is 0.387 e. The topological polar surface area (TPSA) is 68.5 Å². The van der Waals surface area contributed by atoms with Crippen molar-refractivity contribution in [3.63, 3.8) is 0 Å². The van der Waals surface area contributed by atoms with Gasteiger partial charge in [0.25, 0.3) is 0 Å². The molecule has 1 aromatic rings. The van der Waals surface area contributed by atoms with Gasteiger partial charge in [-0.1, -0.05) is 0 Å². The number of nitrogens with zero attached hydrogens (tertiary/aromatic N) is 1. The fourth-order valence-corrected chi connectivity index (χ4v) is 1.32. The minimum atomic E-state index is -3.17. The molecule has 0 N–H and O–H groups in total. The van der Waals surface area contributed by atoms with Gasteiger partial charge in [0, 0.05) is 0 Å². The van der Waals surface area contributed by atoms with Crippen molar-refractivity contribution < 1.29 is 27.8 Å². The summed E-state index contributed by atoms with van der Waals surface area (Å²) in [5.74, 6) is -1.41. The monoisotopic (exact) mass is 257 g/mol. The Morgan fingerprint density at radius 2 is 2.06 bits per heavy atom. The number of carbonyl (C=O) groups is 1. The van der Waals surface area contributed by atoms with Crippen molar-refractivity contribution in [1.82, 2.24) is 0 Å². The lowest BCUT2D eigenvalue weighted by atomic mass is 10.1. The molecule has 0 radical (unpaired) electrons. The number of hydrogen-bond donors (Lipinski definition) is 0. The van der Waals surface area contributed by atoms with Gasteiger partial charge >= 0.3 is 12.6 Å². The number of carbonyl (C=O) groups excluding carboxylic acids is 1. The van der Waals surface area contributed by atoms with Crippen LogP contribution in [0, 0.1) is 11.3 Å². The molecule has 0 aliphatic carbocycles. The zero-order chi connectivity index (χ0) is 13.7. The second-order valence-corrected chi connectivity index (χ2v) is 3.00. The predicted octanol–water partition coefficient (Wildman–Crippen LogP) is 1.95. The Morgan fingerprint density at radius 3 is 2.50 bits per heavy atom. The van der Waals surface area contributed by atoms with Crippen molar-refractivity contribution in [2.45, 2.75) is 6.61 Å². The first-order valence-electron chi connectivity index (χ1n) is 4.69. The van der Waals surface area contributed by atoms with Crippen LogP contribution in [0.3, 0.4) is 0 Å². The molecular weight excluding hydrogens is 248 g/mol. The van der Waals surface area contributed by atoms with Gasteiger partial charge in [-0.3, -0.25) is 0 Å². The van der Waals surface area contributed by atoms with Crippen molar-refractivity contribution in [3.05, 3.63) is 23.3 Å². The summed E-state index contributed by atoms with van der Waals surface area (Å²) in [5.41, 5.74) is -0.559. The summed E-state index contributed by atoms with van der Waals surface area (Å²) < 4.78 is 38.0. The van der Waals surface area contributed by atoms with Gasteiger partial charge in [0.2, 0.25) is 0 Å². The third-order valence-electron chi connectivity index (χ3n) is 2.06. The van der Waals surface area contributed by atoms with Crippen LogP contribution in [-0.2, 0) is 4.74 Å². The largest absolute Gasteiger partial charge is 0.495 e. The molecule has 1 aromatic carbocycles. The summed E-state index contributed by atoms with van der Waals surface area (Å²) in [4.78, 5) is 11.4. The molecule has 0 bridgehead atoms. The summed E-state index contributed by atoms with van der Waals surface area (Å²) in [7, 11) is 2.35. The molecule has 5 nitrogen and oxygen atoms in total. The molecule has 0 fully saturated rings. The van der Waals surface area contributed by atoms with E-state index in [4.69, 9.17) is 10.00 Å². The Bertz CT molecular complexity index is 497. The number of rotatable bonds is 4. The summed E-state index contributed by atoms with van der Waals surface area (Å²) in [6.45, 7) is -3.17. The minimum Gasteiger partial charge on any atom is -0.495 e. The van der Waals surface area contributed by atoms with Crippen LogP contribution >= 0.6 is 0 Å². The van der Waals surface area contributed by atoms with E-state index < -0.39 is 18.3 Å². The highest BCUT2D eigenvalue weighted by molar-refractivity contribution is 5.94. The standard InChI is InChI=1S/C11H9F2NO4/c1-16-8-4-3-6(10(15)17-2)9(7(8)5-14)18-11(12)13/h3-4,11H,1-2H3. The van der Waals surface area contributed by atoms with Gasteiger partial charge in [-0.15, -0.1) is 0 Å².